The van der Waals surface area contributed by atoms with Gasteiger partial charge in [0.05, 0.1) is 12.6 Å². The molecule has 0 spiro atoms. The van der Waals surface area contributed by atoms with Gasteiger partial charge >= 0.3 is 0 Å². The Labute approximate surface area is 370 Å². The van der Waals surface area contributed by atoms with E-state index < -0.39 is 11.7 Å². The second-order valence-corrected chi connectivity index (χ2v) is 16.7. The van der Waals surface area contributed by atoms with Gasteiger partial charge in [0, 0.05) is 98.2 Å². The molecule has 3 fully saturated rings. The third-order valence-corrected chi connectivity index (χ3v) is 12.5. The number of imide groups is 1. The zero-order valence-corrected chi connectivity index (χ0v) is 35.8. The van der Waals surface area contributed by atoms with Crippen molar-refractivity contribution >= 4 is 69.7 Å². The van der Waals surface area contributed by atoms with Crippen LogP contribution in [0.5, 0.6) is 0 Å². The van der Waals surface area contributed by atoms with Crippen LogP contribution in [0.15, 0.2) is 97.2 Å². The average Bonchev–Trinajstić information content (AvgIpc) is 3.28. The number of carbonyl (C=O) groups excluding carboxylic acids is 4. The highest BCUT2D eigenvalue weighted by Crippen LogP contribution is 2.34. The average molecular weight is 873 g/mol. The summed E-state index contributed by atoms with van der Waals surface area (Å²) in [5.41, 5.74) is 11.1. The topological polar surface area (TPSA) is 169 Å². The Morgan fingerprint density at radius 2 is 1.62 bits per heavy atom. The molecule has 1 unspecified atom stereocenters. The van der Waals surface area contributed by atoms with Crippen molar-refractivity contribution in [3.05, 3.63) is 119 Å². The molecule has 4 heterocycles. The Balaban J connectivity index is 0.787. The zero-order chi connectivity index (χ0) is 44.0. The molecule has 0 bridgehead atoms. The second kappa shape index (κ2) is 19.2. The molecular weight excluding hydrogens is 823 g/mol. The van der Waals surface area contributed by atoms with Crippen molar-refractivity contribution in [2.75, 3.05) is 73.3 Å². The van der Waals surface area contributed by atoms with E-state index in [2.05, 4.69) is 47.9 Å². The first-order chi connectivity index (χ1) is 30.5. The summed E-state index contributed by atoms with van der Waals surface area (Å²) in [5, 5.41) is 8.98. The number of nitrogens with one attached hydrogen (secondary N) is 3. The van der Waals surface area contributed by atoms with Gasteiger partial charge in [0.1, 0.15) is 6.04 Å². The maximum atomic E-state index is 14.9. The molecule has 0 radical (unpaired) electrons. The minimum Gasteiger partial charge on any atom is -0.371 e. The lowest BCUT2D eigenvalue weighted by molar-refractivity contribution is -0.134. The van der Waals surface area contributed by atoms with Crippen LogP contribution in [0, 0.1) is 11.7 Å². The molecule has 3 aliphatic heterocycles. The van der Waals surface area contributed by atoms with Crippen molar-refractivity contribution in [1.29, 1.82) is 0 Å². The number of hydrogen-bond acceptors (Lipinski definition) is 11. The molecule has 63 heavy (non-hydrogen) atoms. The number of anilines is 6. The van der Waals surface area contributed by atoms with E-state index in [0.29, 0.717) is 59.4 Å². The molecule has 3 aliphatic rings. The molecule has 1 atom stereocenters. The number of rotatable bonds is 13. The minimum atomic E-state index is -0.674. The van der Waals surface area contributed by atoms with Crippen molar-refractivity contribution in [1.82, 2.24) is 25.1 Å². The summed E-state index contributed by atoms with van der Waals surface area (Å²) < 4.78 is 14.9. The Morgan fingerprint density at radius 3 is 2.35 bits per heavy atom. The Hall–Kier alpha value is -6.58. The van der Waals surface area contributed by atoms with Gasteiger partial charge in [-0.25, -0.2) is 9.37 Å². The van der Waals surface area contributed by atoms with E-state index in [-0.39, 0.29) is 47.5 Å². The molecule has 4 amide bonds. The summed E-state index contributed by atoms with van der Waals surface area (Å²) in [6, 6.07) is 27.3. The molecule has 8 rings (SSSR count). The van der Waals surface area contributed by atoms with Crippen LogP contribution in [-0.4, -0.2) is 102 Å². The standard InChI is InChI=1S/C47H50ClFN10O4/c1-56(41-15-16-42(60)54-46(41)63)34-5-4-6-35(27-34)58-19-17-31(18-20-58)29-57-21-23-59(24-22-57)43(61)25-30-9-11-32(12-10-30)53-47-51-28-40(49)45(55-47)52-33-13-14-37(44(50)62)38(26-33)36-7-2-3-8-39(36)48/h2-14,26-28,31,41H,15-25,29H2,1H3,(H2,50,62)(H,54,60,63)(H2,51,52,53,55). The highest BCUT2D eigenvalue weighted by molar-refractivity contribution is 6.33. The fraction of sp³-hybridized carbons (Fsp3) is 0.319. The fourth-order valence-corrected chi connectivity index (χ4v) is 8.81. The van der Waals surface area contributed by atoms with Gasteiger partial charge < -0.3 is 31.1 Å². The third-order valence-electron chi connectivity index (χ3n) is 12.2. The van der Waals surface area contributed by atoms with Crippen molar-refractivity contribution < 1.29 is 23.6 Å². The predicted octanol–water partition coefficient (Wildman–Crippen LogP) is 6.37. The second-order valence-electron chi connectivity index (χ2n) is 16.3. The Morgan fingerprint density at radius 1 is 0.873 bits per heavy atom. The smallest absolute Gasteiger partial charge is 0.249 e. The first-order valence-corrected chi connectivity index (χ1v) is 21.6. The summed E-state index contributed by atoms with van der Waals surface area (Å²) >= 11 is 6.42. The van der Waals surface area contributed by atoms with Crippen LogP contribution >= 0.6 is 11.6 Å². The SMILES string of the molecule is CN(c1cccc(N2CCC(CN3CCN(C(=O)Cc4ccc(Nc5ncc(F)c(Nc6ccc(C(N)=O)c(-c7ccccc7Cl)c6)n5)cc4)CC3)CC2)c1)C1CCC(=O)NC1=O. The van der Waals surface area contributed by atoms with Gasteiger partial charge in [0.25, 0.3) is 0 Å². The number of carbonyl (C=O) groups is 4. The monoisotopic (exact) mass is 872 g/mol. The first-order valence-electron chi connectivity index (χ1n) is 21.2. The van der Waals surface area contributed by atoms with Crippen LogP contribution in [0.25, 0.3) is 11.1 Å². The Kier molecular flexibility index (Phi) is 13.1. The molecule has 4 aromatic carbocycles. The molecule has 326 valence electrons. The zero-order valence-electron chi connectivity index (χ0n) is 35.0. The number of piperazine rings is 1. The van der Waals surface area contributed by atoms with E-state index >= 15 is 0 Å². The third kappa shape index (κ3) is 10.4. The van der Waals surface area contributed by atoms with Crippen molar-refractivity contribution in [3.8, 4) is 11.1 Å². The van der Waals surface area contributed by atoms with E-state index in [0.717, 1.165) is 68.7 Å². The molecule has 5 aromatic rings. The number of nitrogens with two attached hydrogens (primary N) is 1. The lowest BCUT2D eigenvalue weighted by atomic mass is 9.95. The highest BCUT2D eigenvalue weighted by Gasteiger charge is 2.31. The molecule has 1 aromatic heterocycles. The van der Waals surface area contributed by atoms with Gasteiger partial charge in [0.15, 0.2) is 11.6 Å². The summed E-state index contributed by atoms with van der Waals surface area (Å²) in [6.07, 6.45) is 4.39. The normalized spacial score (nSPS) is 17.3. The van der Waals surface area contributed by atoms with E-state index in [1.54, 1.807) is 42.5 Å². The summed E-state index contributed by atoms with van der Waals surface area (Å²) in [4.78, 5) is 66.9. The van der Waals surface area contributed by atoms with Crippen LogP contribution < -0.4 is 31.5 Å². The van der Waals surface area contributed by atoms with Crippen LogP contribution in [0.3, 0.4) is 0 Å². The number of benzene rings is 4. The first kappa shape index (κ1) is 43.1. The number of aromatic nitrogens is 2. The molecule has 14 nitrogen and oxygen atoms in total. The van der Waals surface area contributed by atoms with E-state index in [9.17, 15) is 23.6 Å². The Bertz CT molecular complexity index is 2490. The lowest BCUT2D eigenvalue weighted by Crippen LogP contribution is -2.51. The van der Waals surface area contributed by atoms with E-state index in [1.807, 2.05) is 53.2 Å². The fourth-order valence-electron chi connectivity index (χ4n) is 8.57. The highest BCUT2D eigenvalue weighted by atomic mass is 35.5. The van der Waals surface area contributed by atoms with E-state index in [1.165, 1.54) is 0 Å². The summed E-state index contributed by atoms with van der Waals surface area (Å²) in [7, 11) is 1.91. The molecular formula is C47H50ClFN10O4. The summed E-state index contributed by atoms with van der Waals surface area (Å²) in [5.74, 6) is -0.982. The van der Waals surface area contributed by atoms with Gasteiger partial charge in [-0.15, -0.1) is 0 Å². The molecule has 3 saturated heterocycles. The molecule has 0 aliphatic carbocycles. The molecule has 5 N–H and O–H groups in total. The number of primary amides is 1. The van der Waals surface area contributed by atoms with Gasteiger partial charge in [-0.2, -0.15) is 4.98 Å². The van der Waals surface area contributed by atoms with Gasteiger partial charge in [0.2, 0.25) is 29.6 Å². The minimum absolute atomic E-state index is 0.0754. The molecule has 0 saturated carbocycles. The van der Waals surface area contributed by atoms with Crippen molar-refractivity contribution in [2.24, 2.45) is 11.7 Å². The van der Waals surface area contributed by atoms with Crippen LogP contribution in [0.2, 0.25) is 5.02 Å². The van der Waals surface area contributed by atoms with Crippen LogP contribution in [0.1, 0.15) is 41.6 Å². The van der Waals surface area contributed by atoms with Crippen molar-refractivity contribution in [3.63, 3.8) is 0 Å². The molecule has 16 heteroatoms. The van der Waals surface area contributed by atoms with Gasteiger partial charge in [-0.05, 0) is 90.9 Å². The predicted molar refractivity (Wildman–Crippen MR) is 243 cm³/mol. The largest absolute Gasteiger partial charge is 0.371 e. The quantitative estimate of drug-likeness (QED) is 0.0971. The maximum absolute atomic E-state index is 14.9. The van der Waals surface area contributed by atoms with Crippen LogP contribution in [0.4, 0.5) is 38.9 Å². The van der Waals surface area contributed by atoms with E-state index in [4.69, 9.17) is 17.3 Å². The number of hydrogen-bond donors (Lipinski definition) is 4. The van der Waals surface area contributed by atoms with Crippen LogP contribution in [-0.2, 0) is 20.8 Å². The number of piperidine rings is 2. The van der Waals surface area contributed by atoms with Gasteiger partial charge in [-0.3, -0.25) is 29.4 Å². The lowest BCUT2D eigenvalue weighted by Gasteiger charge is -2.39. The number of halogens is 2. The number of amides is 4. The van der Waals surface area contributed by atoms with Crippen molar-refractivity contribution in [2.45, 2.75) is 38.1 Å². The summed E-state index contributed by atoms with van der Waals surface area (Å²) in [6.45, 7) is 6.02. The number of nitrogens with zero attached hydrogens (tertiary/aromatic N) is 6. The maximum Gasteiger partial charge on any atom is 0.249 e. The van der Waals surface area contributed by atoms with Gasteiger partial charge in [-0.1, -0.05) is 48.0 Å². The number of likely N-dealkylation sites (N-methyl/N-ethyl adjacent to an activating group) is 1.